The minimum absolute atomic E-state index is 0.282. The van der Waals surface area contributed by atoms with Crippen LogP contribution < -0.4 is 15.6 Å². The normalized spacial score (nSPS) is 10.6. The third kappa shape index (κ3) is 4.65. The van der Waals surface area contributed by atoms with Crippen LogP contribution in [0.15, 0.2) is 85.5 Å². The van der Waals surface area contributed by atoms with E-state index in [1.54, 1.807) is 36.4 Å². The second-order valence-electron chi connectivity index (χ2n) is 5.94. The van der Waals surface area contributed by atoms with Crippen LogP contribution in [-0.4, -0.2) is 18.4 Å². The van der Waals surface area contributed by atoms with E-state index in [4.69, 9.17) is 4.74 Å². The molecule has 0 aliphatic carbocycles. The van der Waals surface area contributed by atoms with Crippen molar-refractivity contribution in [3.05, 3.63) is 96.6 Å². The van der Waals surface area contributed by atoms with E-state index >= 15 is 0 Å². The van der Waals surface area contributed by atoms with Gasteiger partial charge in [-0.25, -0.2) is 0 Å². The fraction of sp³-hybridized carbons (Fsp3) is 0.0435. The first-order valence-corrected chi connectivity index (χ1v) is 8.78. The summed E-state index contributed by atoms with van der Waals surface area (Å²) in [5.74, 6) is -0.488. The number of hydrogen-bond donors (Lipinski definition) is 2. The monoisotopic (exact) mass is 372 g/mol. The molecule has 3 aromatic carbocycles. The molecule has 0 aromatic heterocycles. The molecule has 140 valence electrons. The van der Waals surface area contributed by atoms with Crippen molar-refractivity contribution in [1.29, 1.82) is 0 Å². The molecule has 3 aromatic rings. The molecular formula is C23H20N2O3. The highest BCUT2D eigenvalue weighted by Gasteiger charge is 2.12. The molecular weight excluding hydrogens is 352 g/mol. The number of nitrogens with one attached hydrogen (secondary N) is 2. The molecule has 5 nitrogen and oxygen atoms in total. The molecule has 0 spiro atoms. The van der Waals surface area contributed by atoms with Gasteiger partial charge < -0.3 is 4.74 Å². The van der Waals surface area contributed by atoms with E-state index in [9.17, 15) is 9.59 Å². The van der Waals surface area contributed by atoms with Gasteiger partial charge in [-0.15, -0.1) is 0 Å². The molecule has 0 heterocycles. The number of para-hydroxylation sites is 1. The first-order chi connectivity index (χ1) is 13.7. The molecule has 2 amide bonds. The Balaban J connectivity index is 1.63. The Morgan fingerprint density at radius 2 is 1.68 bits per heavy atom. The number of fused-ring (bicyclic) bond motifs is 1. The highest BCUT2D eigenvalue weighted by atomic mass is 16.5. The van der Waals surface area contributed by atoms with Gasteiger partial charge in [0.2, 0.25) is 0 Å². The van der Waals surface area contributed by atoms with E-state index in [-0.39, 0.29) is 6.61 Å². The Hall–Kier alpha value is -3.86. The molecule has 0 unspecified atom stereocenters. The minimum atomic E-state index is -0.466. The van der Waals surface area contributed by atoms with Gasteiger partial charge in [-0.1, -0.05) is 67.3 Å². The Labute approximate surface area is 163 Å². The minimum Gasteiger partial charge on any atom is -0.489 e. The van der Waals surface area contributed by atoms with E-state index in [1.807, 2.05) is 42.5 Å². The van der Waals surface area contributed by atoms with Gasteiger partial charge in [-0.3, -0.25) is 20.4 Å². The van der Waals surface area contributed by atoms with Crippen molar-refractivity contribution in [3.8, 4) is 5.75 Å². The number of hydrazine groups is 1. The maximum atomic E-state index is 12.3. The first kappa shape index (κ1) is 18.9. The second kappa shape index (κ2) is 9.19. The summed E-state index contributed by atoms with van der Waals surface area (Å²) >= 11 is 0. The predicted octanol–water partition coefficient (Wildman–Crippen LogP) is 3.88. The number of amides is 2. The lowest BCUT2D eigenvalue weighted by Crippen LogP contribution is -2.40. The highest BCUT2D eigenvalue weighted by molar-refractivity contribution is 6.00. The van der Waals surface area contributed by atoms with E-state index in [0.29, 0.717) is 11.3 Å². The largest absolute Gasteiger partial charge is 0.489 e. The third-order valence-electron chi connectivity index (χ3n) is 4.03. The van der Waals surface area contributed by atoms with Crippen LogP contribution in [0.3, 0.4) is 0 Å². The number of ether oxygens (including phenoxy) is 1. The van der Waals surface area contributed by atoms with Crippen LogP contribution in [0, 0.1) is 0 Å². The van der Waals surface area contributed by atoms with E-state index in [2.05, 4.69) is 17.4 Å². The molecule has 0 aliphatic heterocycles. The number of carbonyl (C=O) groups is 2. The highest BCUT2D eigenvalue weighted by Crippen LogP contribution is 2.19. The van der Waals surface area contributed by atoms with Crippen molar-refractivity contribution in [1.82, 2.24) is 10.9 Å². The fourth-order valence-corrected chi connectivity index (χ4v) is 2.72. The molecule has 28 heavy (non-hydrogen) atoms. The molecule has 2 N–H and O–H groups in total. The molecule has 0 bridgehead atoms. The van der Waals surface area contributed by atoms with Crippen LogP contribution in [0.4, 0.5) is 0 Å². The molecule has 0 radical (unpaired) electrons. The zero-order chi connectivity index (χ0) is 19.8. The SMILES string of the molecule is C=CCOc1ccccc1C(=O)NNC(=O)C=Cc1cccc2ccccc12. The summed E-state index contributed by atoms with van der Waals surface area (Å²) in [6.07, 6.45) is 4.68. The van der Waals surface area contributed by atoms with Gasteiger partial charge in [-0.2, -0.15) is 0 Å². The number of carbonyl (C=O) groups excluding carboxylic acids is 2. The summed E-state index contributed by atoms with van der Waals surface area (Å²) in [6, 6.07) is 20.6. The summed E-state index contributed by atoms with van der Waals surface area (Å²) in [7, 11) is 0. The summed E-state index contributed by atoms with van der Waals surface area (Å²) < 4.78 is 5.45. The van der Waals surface area contributed by atoms with Gasteiger partial charge in [-0.05, 0) is 34.5 Å². The Kier molecular flexibility index (Phi) is 6.21. The van der Waals surface area contributed by atoms with Gasteiger partial charge in [0, 0.05) is 6.08 Å². The zero-order valence-electron chi connectivity index (χ0n) is 15.2. The van der Waals surface area contributed by atoms with Crippen molar-refractivity contribution in [2.45, 2.75) is 0 Å². The second-order valence-corrected chi connectivity index (χ2v) is 5.94. The quantitative estimate of drug-likeness (QED) is 0.392. The smallest absolute Gasteiger partial charge is 0.273 e. The first-order valence-electron chi connectivity index (χ1n) is 8.78. The van der Waals surface area contributed by atoms with Crippen LogP contribution in [-0.2, 0) is 4.79 Å². The van der Waals surface area contributed by atoms with Gasteiger partial charge >= 0.3 is 0 Å². The van der Waals surface area contributed by atoms with Crippen molar-refractivity contribution < 1.29 is 14.3 Å². The number of benzene rings is 3. The molecule has 3 rings (SSSR count). The number of rotatable bonds is 6. The van der Waals surface area contributed by atoms with Gasteiger partial charge in [0.05, 0.1) is 5.56 Å². The fourth-order valence-electron chi connectivity index (χ4n) is 2.72. The average Bonchev–Trinajstić information content (AvgIpc) is 2.74. The zero-order valence-corrected chi connectivity index (χ0v) is 15.2. The van der Waals surface area contributed by atoms with Crippen molar-refractivity contribution in [2.24, 2.45) is 0 Å². The third-order valence-corrected chi connectivity index (χ3v) is 4.03. The van der Waals surface area contributed by atoms with Gasteiger partial charge in [0.1, 0.15) is 12.4 Å². The molecule has 0 saturated carbocycles. The van der Waals surface area contributed by atoms with Crippen LogP contribution in [0.25, 0.3) is 16.8 Å². The van der Waals surface area contributed by atoms with Crippen LogP contribution in [0.2, 0.25) is 0 Å². The topological polar surface area (TPSA) is 67.4 Å². The molecule has 5 heteroatoms. The van der Waals surface area contributed by atoms with Crippen molar-refractivity contribution >= 4 is 28.7 Å². The van der Waals surface area contributed by atoms with E-state index in [1.165, 1.54) is 6.08 Å². The van der Waals surface area contributed by atoms with Gasteiger partial charge in [0.15, 0.2) is 0 Å². The lowest BCUT2D eigenvalue weighted by Gasteiger charge is -2.10. The van der Waals surface area contributed by atoms with Crippen molar-refractivity contribution in [3.63, 3.8) is 0 Å². The summed E-state index contributed by atoms with van der Waals surface area (Å²) in [5.41, 5.74) is 6.02. The predicted molar refractivity (Wildman–Crippen MR) is 111 cm³/mol. The summed E-state index contributed by atoms with van der Waals surface area (Å²) in [4.78, 5) is 24.4. The molecule has 0 saturated heterocycles. The average molecular weight is 372 g/mol. The summed E-state index contributed by atoms with van der Waals surface area (Å²) in [6.45, 7) is 3.87. The molecule has 0 aliphatic rings. The van der Waals surface area contributed by atoms with E-state index in [0.717, 1.165) is 16.3 Å². The van der Waals surface area contributed by atoms with Crippen molar-refractivity contribution in [2.75, 3.05) is 6.61 Å². The maximum Gasteiger partial charge on any atom is 0.273 e. The lowest BCUT2D eigenvalue weighted by molar-refractivity contribution is -0.117. The summed E-state index contributed by atoms with van der Waals surface area (Å²) in [5, 5.41) is 2.14. The Morgan fingerprint density at radius 3 is 2.54 bits per heavy atom. The maximum absolute atomic E-state index is 12.3. The number of hydrogen-bond acceptors (Lipinski definition) is 3. The van der Waals surface area contributed by atoms with Crippen LogP contribution in [0.1, 0.15) is 15.9 Å². The standard InChI is InChI=1S/C23H20N2O3/c1-2-16-28-21-13-6-5-12-20(21)23(27)25-24-22(26)15-14-18-10-7-9-17-8-3-4-11-19(17)18/h2-15H,1,16H2,(H,24,26)(H,25,27). The Bertz CT molecular complexity index is 1040. The molecule has 0 fully saturated rings. The van der Waals surface area contributed by atoms with Crippen LogP contribution in [0.5, 0.6) is 5.75 Å². The van der Waals surface area contributed by atoms with Gasteiger partial charge in [0.25, 0.3) is 11.8 Å². The van der Waals surface area contributed by atoms with Crippen LogP contribution >= 0.6 is 0 Å². The van der Waals surface area contributed by atoms with E-state index < -0.39 is 11.8 Å². The molecule has 0 atom stereocenters. The lowest BCUT2D eigenvalue weighted by atomic mass is 10.0. The Morgan fingerprint density at radius 1 is 0.929 bits per heavy atom.